The zero-order chi connectivity index (χ0) is 17.4. The highest BCUT2D eigenvalue weighted by atomic mass is 35.5. The molecular formula is C18H28ClN3O3. The van der Waals surface area contributed by atoms with Gasteiger partial charge in [-0.3, -0.25) is 9.59 Å². The Morgan fingerprint density at radius 2 is 1.76 bits per heavy atom. The maximum absolute atomic E-state index is 12.7. The molecule has 0 aliphatic carbocycles. The van der Waals surface area contributed by atoms with E-state index in [-0.39, 0.29) is 24.2 Å². The van der Waals surface area contributed by atoms with Gasteiger partial charge in [0.1, 0.15) is 5.75 Å². The van der Waals surface area contributed by atoms with Crippen LogP contribution in [0.2, 0.25) is 0 Å². The number of ether oxygens (including phenoxy) is 1. The van der Waals surface area contributed by atoms with Crippen molar-refractivity contribution in [1.29, 1.82) is 0 Å². The number of nitrogens with one attached hydrogen (secondary N) is 1. The van der Waals surface area contributed by atoms with Crippen molar-refractivity contribution in [2.45, 2.75) is 19.8 Å². The smallest absolute Gasteiger partial charge is 0.257 e. The third-order valence-corrected chi connectivity index (χ3v) is 4.15. The number of amides is 2. The van der Waals surface area contributed by atoms with E-state index < -0.39 is 0 Å². The molecule has 0 spiro atoms. The molecule has 0 radical (unpaired) electrons. The molecule has 2 rings (SSSR count). The lowest BCUT2D eigenvalue weighted by Crippen LogP contribution is -2.50. The quantitative estimate of drug-likeness (QED) is 0.744. The summed E-state index contributed by atoms with van der Waals surface area (Å²) in [7, 11) is 1.88. The largest absolute Gasteiger partial charge is 0.493 e. The van der Waals surface area contributed by atoms with Crippen LogP contribution in [0, 0.1) is 0 Å². The number of carbonyl (C=O) groups is 2. The minimum atomic E-state index is -0.0265. The number of halogens is 1. The highest BCUT2D eigenvalue weighted by molar-refractivity contribution is 5.97. The molecule has 1 aromatic carbocycles. The van der Waals surface area contributed by atoms with E-state index >= 15 is 0 Å². The second-order valence-corrected chi connectivity index (χ2v) is 5.81. The van der Waals surface area contributed by atoms with E-state index in [2.05, 4.69) is 5.32 Å². The fourth-order valence-corrected chi connectivity index (χ4v) is 2.83. The highest BCUT2D eigenvalue weighted by Crippen LogP contribution is 2.20. The third-order valence-electron chi connectivity index (χ3n) is 4.15. The molecule has 1 aromatic rings. The van der Waals surface area contributed by atoms with Crippen molar-refractivity contribution in [1.82, 2.24) is 15.1 Å². The first kappa shape index (κ1) is 21.3. The Balaban J connectivity index is 0.00000312. The molecule has 0 aromatic heterocycles. The fourth-order valence-electron chi connectivity index (χ4n) is 2.83. The predicted molar refractivity (Wildman–Crippen MR) is 101 cm³/mol. The van der Waals surface area contributed by atoms with Gasteiger partial charge in [0.15, 0.2) is 0 Å². The second kappa shape index (κ2) is 10.9. The molecular weight excluding hydrogens is 342 g/mol. The number of rotatable bonds is 7. The number of nitrogens with zero attached hydrogens (tertiary/aromatic N) is 2. The van der Waals surface area contributed by atoms with E-state index in [1.807, 2.05) is 37.1 Å². The molecule has 0 saturated carbocycles. The zero-order valence-corrected chi connectivity index (χ0v) is 15.8. The van der Waals surface area contributed by atoms with Gasteiger partial charge in [-0.15, -0.1) is 12.4 Å². The Kier molecular flexibility index (Phi) is 9.31. The summed E-state index contributed by atoms with van der Waals surface area (Å²) in [6, 6.07) is 7.32. The average molecular weight is 370 g/mol. The van der Waals surface area contributed by atoms with E-state index in [9.17, 15) is 9.59 Å². The van der Waals surface area contributed by atoms with Gasteiger partial charge in [0.2, 0.25) is 5.91 Å². The van der Waals surface area contributed by atoms with Crippen LogP contribution in [-0.4, -0.2) is 68.0 Å². The van der Waals surface area contributed by atoms with Crippen LogP contribution in [0.1, 0.15) is 30.1 Å². The summed E-state index contributed by atoms with van der Waals surface area (Å²) >= 11 is 0. The highest BCUT2D eigenvalue weighted by Gasteiger charge is 2.26. The van der Waals surface area contributed by atoms with E-state index in [1.54, 1.807) is 11.0 Å². The van der Waals surface area contributed by atoms with Crippen molar-refractivity contribution >= 4 is 24.2 Å². The molecule has 7 heteroatoms. The van der Waals surface area contributed by atoms with Crippen LogP contribution in [0.5, 0.6) is 5.75 Å². The number of hydrogen-bond acceptors (Lipinski definition) is 4. The van der Waals surface area contributed by atoms with Crippen LogP contribution < -0.4 is 10.1 Å². The molecule has 140 valence electrons. The maximum atomic E-state index is 12.7. The van der Waals surface area contributed by atoms with Crippen LogP contribution in [0.15, 0.2) is 24.3 Å². The lowest BCUT2D eigenvalue weighted by molar-refractivity contribution is -0.132. The first-order valence-corrected chi connectivity index (χ1v) is 8.60. The number of piperazine rings is 1. The molecule has 1 aliphatic heterocycles. The number of carbonyl (C=O) groups excluding carboxylic acids is 2. The monoisotopic (exact) mass is 369 g/mol. The fraction of sp³-hybridized carbons (Fsp3) is 0.556. The van der Waals surface area contributed by atoms with Crippen molar-refractivity contribution in [3.63, 3.8) is 0 Å². The molecule has 0 unspecified atom stereocenters. The van der Waals surface area contributed by atoms with E-state index in [0.717, 1.165) is 13.0 Å². The van der Waals surface area contributed by atoms with E-state index in [1.165, 1.54) is 0 Å². The summed E-state index contributed by atoms with van der Waals surface area (Å²) < 4.78 is 5.55. The first-order chi connectivity index (χ1) is 11.7. The van der Waals surface area contributed by atoms with Crippen LogP contribution in [0.3, 0.4) is 0 Å². The molecule has 0 bridgehead atoms. The zero-order valence-electron chi connectivity index (χ0n) is 15.0. The number of benzene rings is 1. The Bertz CT molecular complexity index is 560. The average Bonchev–Trinajstić information content (AvgIpc) is 2.62. The van der Waals surface area contributed by atoms with E-state index in [0.29, 0.717) is 50.5 Å². The summed E-state index contributed by atoms with van der Waals surface area (Å²) in [5.41, 5.74) is 0.591. The van der Waals surface area contributed by atoms with Crippen molar-refractivity contribution in [2.75, 3.05) is 46.4 Å². The summed E-state index contributed by atoms with van der Waals surface area (Å²) in [5, 5.41) is 3.05. The Morgan fingerprint density at radius 3 is 2.40 bits per heavy atom. The predicted octanol–water partition coefficient (Wildman–Crippen LogP) is 1.79. The molecule has 25 heavy (non-hydrogen) atoms. The summed E-state index contributed by atoms with van der Waals surface area (Å²) in [4.78, 5) is 28.5. The first-order valence-electron chi connectivity index (χ1n) is 8.60. The van der Waals surface area contributed by atoms with Gasteiger partial charge in [-0.1, -0.05) is 12.1 Å². The van der Waals surface area contributed by atoms with Crippen LogP contribution in [-0.2, 0) is 4.79 Å². The maximum Gasteiger partial charge on any atom is 0.257 e. The van der Waals surface area contributed by atoms with Gasteiger partial charge in [-0.25, -0.2) is 0 Å². The van der Waals surface area contributed by atoms with Gasteiger partial charge in [-0.2, -0.15) is 0 Å². The van der Waals surface area contributed by atoms with Crippen molar-refractivity contribution in [2.24, 2.45) is 0 Å². The van der Waals surface area contributed by atoms with Crippen LogP contribution in [0.4, 0.5) is 0 Å². The lowest BCUT2D eigenvalue weighted by Gasteiger charge is -2.35. The summed E-state index contributed by atoms with van der Waals surface area (Å²) in [5.74, 6) is 0.768. The van der Waals surface area contributed by atoms with Gasteiger partial charge in [0, 0.05) is 32.6 Å². The molecule has 6 nitrogen and oxygen atoms in total. The summed E-state index contributed by atoms with van der Waals surface area (Å²) in [6.45, 7) is 5.60. The van der Waals surface area contributed by atoms with Crippen LogP contribution in [0.25, 0.3) is 0 Å². The standard InChI is InChI=1S/C18H27N3O3.ClH/c1-3-24-16-8-5-4-7-15(16)18(23)21-13-11-20(12-14-21)17(22)9-6-10-19-2;/h4-5,7-8,19H,3,6,9-14H2,1-2H3;1H. The van der Waals surface area contributed by atoms with Gasteiger partial charge in [0.05, 0.1) is 12.2 Å². The molecule has 1 heterocycles. The van der Waals surface area contributed by atoms with Crippen LogP contribution >= 0.6 is 12.4 Å². The normalized spacial score (nSPS) is 14.0. The molecule has 2 amide bonds. The lowest BCUT2D eigenvalue weighted by atomic mass is 10.1. The molecule has 1 saturated heterocycles. The minimum absolute atomic E-state index is 0. The van der Waals surface area contributed by atoms with Crippen molar-refractivity contribution < 1.29 is 14.3 Å². The van der Waals surface area contributed by atoms with Gasteiger partial charge >= 0.3 is 0 Å². The molecule has 1 aliphatic rings. The Labute approximate surface area is 155 Å². The topological polar surface area (TPSA) is 61.9 Å². The van der Waals surface area contributed by atoms with E-state index in [4.69, 9.17) is 4.74 Å². The molecule has 1 N–H and O–H groups in total. The Hall–Kier alpha value is -1.79. The third kappa shape index (κ3) is 5.90. The number of hydrogen-bond donors (Lipinski definition) is 1. The second-order valence-electron chi connectivity index (χ2n) is 5.81. The number of para-hydroxylation sites is 1. The molecule has 0 atom stereocenters. The van der Waals surface area contributed by atoms with Crippen molar-refractivity contribution in [3.8, 4) is 5.75 Å². The SMILES string of the molecule is CCOc1ccccc1C(=O)N1CCN(C(=O)CCCNC)CC1.Cl. The molecule has 1 fully saturated rings. The van der Waals surface area contributed by atoms with Crippen molar-refractivity contribution in [3.05, 3.63) is 29.8 Å². The van der Waals surface area contributed by atoms with Gasteiger partial charge in [0.25, 0.3) is 5.91 Å². The summed E-state index contributed by atoms with van der Waals surface area (Å²) in [6.07, 6.45) is 1.40. The minimum Gasteiger partial charge on any atom is -0.493 e. The Morgan fingerprint density at radius 1 is 1.12 bits per heavy atom. The van der Waals surface area contributed by atoms with Gasteiger partial charge in [-0.05, 0) is 39.1 Å². The van der Waals surface area contributed by atoms with Gasteiger partial charge < -0.3 is 19.9 Å².